The van der Waals surface area contributed by atoms with Gasteiger partial charge in [-0.3, -0.25) is 0 Å². The van der Waals surface area contributed by atoms with Gasteiger partial charge in [0.15, 0.2) is 0 Å². The quantitative estimate of drug-likeness (QED) is 0.683. The molecule has 3 unspecified atom stereocenters. The summed E-state index contributed by atoms with van der Waals surface area (Å²) in [5.41, 5.74) is 0. The van der Waals surface area contributed by atoms with E-state index < -0.39 is 0 Å². The molecule has 3 atom stereocenters. The Morgan fingerprint density at radius 3 is 2.33 bits per heavy atom. The third-order valence-corrected chi connectivity index (χ3v) is 4.24. The van der Waals surface area contributed by atoms with Gasteiger partial charge in [-0.25, -0.2) is 0 Å². The van der Waals surface area contributed by atoms with Gasteiger partial charge in [-0.15, -0.1) is 0 Å². The molecular formula is C14H25N. The Morgan fingerprint density at radius 2 is 1.73 bits per heavy atom. The van der Waals surface area contributed by atoms with Crippen LogP contribution in [0.1, 0.15) is 52.4 Å². The molecule has 2 rings (SSSR count). The maximum atomic E-state index is 3.91. The molecule has 1 nitrogen and oxygen atoms in total. The summed E-state index contributed by atoms with van der Waals surface area (Å²) in [6.07, 6.45) is 12.8. The molecule has 2 aliphatic carbocycles. The standard InChI is InChI=1S/C14H25N/c1-11-7-6-8-12(2)14(11)15-13-9-4-3-5-10-13/h3-4,11-15H,5-10H2,1-2H3. The second kappa shape index (κ2) is 5.16. The molecule has 0 aliphatic heterocycles. The monoisotopic (exact) mass is 207 g/mol. The molecule has 1 fully saturated rings. The molecule has 0 heterocycles. The maximum Gasteiger partial charge on any atom is 0.0121 e. The van der Waals surface area contributed by atoms with Crippen molar-refractivity contribution in [2.45, 2.75) is 64.5 Å². The maximum absolute atomic E-state index is 3.91. The van der Waals surface area contributed by atoms with Gasteiger partial charge in [-0.1, -0.05) is 32.4 Å². The van der Waals surface area contributed by atoms with Gasteiger partial charge in [-0.2, -0.15) is 0 Å². The van der Waals surface area contributed by atoms with Crippen LogP contribution in [0.15, 0.2) is 12.2 Å². The average Bonchev–Trinajstić information content (AvgIpc) is 2.25. The molecular weight excluding hydrogens is 182 g/mol. The van der Waals surface area contributed by atoms with E-state index in [0.717, 1.165) is 23.9 Å². The first-order chi connectivity index (χ1) is 7.27. The third-order valence-electron chi connectivity index (χ3n) is 4.24. The van der Waals surface area contributed by atoms with Crippen LogP contribution in [-0.2, 0) is 0 Å². The van der Waals surface area contributed by atoms with Gasteiger partial charge in [-0.05, 0) is 43.9 Å². The summed E-state index contributed by atoms with van der Waals surface area (Å²) in [7, 11) is 0. The van der Waals surface area contributed by atoms with E-state index in [1.165, 1.54) is 38.5 Å². The molecule has 0 aromatic heterocycles. The molecule has 15 heavy (non-hydrogen) atoms. The molecule has 0 aromatic carbocycles. The van der Waals surface area contributed by atoms with Gasteiger partial charge in [0, 0.05) is 12.1 Å². The van der Waals surface area contributed by atoms with E-state index in [4.69, 9.17) is 0 Å². The van der Waals surface area contributed by atoms with Gasteiger partial charge >= 0.3 is 0 Å². The molecule has 2 aliphatic rings. The average molecular weight is 207 g/mol. The number of rotatable bonds is 2. The van der Waals surface area contributed by atoms with Crippen molar-refractivity contribution in [1.82, 2.24) is 5.32 Å². The molecule has 0 saturated heterocycles. The van der Waals surface area contributed by atoms with Crippen molar-refractivity contribution >= 4 is 0 Å². The number of nitrogens with one attached hydrogen (secondary N) is 1. The van der Waals surface area contributed by atoms with E-state index >= 15 is 0 Å². The van der Waals surface area contributed by atoms with Crippen molar-refractivity contribution < 1.29 is 0 Å². The van der Waals surface area contributed by atoms with E-state index in [9.17, 15) is 0 Å². The second-order valence-electron chi connectivity index (χ2n) is 5.56. The molecule has 1 saturated carbocycles. The molecule has 1 heteroatoms. The Balaban J connectivity index is 1.88. The Hall–Kier alpha value is -0.300. The SMILES string of the molecule is CC1CCCC(C)C1NC1CC=CCC1. The summed E-state index contributed by atoms with van der Waals surface area (Å²) in [4.78, 5) is 0. The van der Waals surface area contributed by atoms with Crippen molar-refractivity contribution in [3.05, 3.63) is 12.2 Å². The zero-order valence-corrected chi connectivity index (χ0v) is 10.2. The van der Waals surface area contributed by atoms with Crippen LogP contribution in [-0.4, -0.2) is 12.1 Å². The Morgan fingerprint density at radius 1 is 1.00 bits per heavy atom. The normalized spacial score (nSPS) is 41.7. The lowest BCUT2D eigenvalue weighted by Crippen LogP contribution is -2.47. The fourth-order valence-electron chi connectivity index (χ4n) is 3.23. The summed E-state index contributed by atoms with van der Waals surface area (Å²) < 4.78 is 0. The van der Waals surface area contributed by atoms with E-state index in [2.05, 4.69) is 31.3 Å². The van der Waals surface area contributed by atoms with E-state index in [-0.39, 0.29) is 0 Å². The largest absolute Gasteiger partial charge is 0.310 e. The number of allylic oxidation sites excluding steroid dienone is 1. The predicted octanol–water partition coefficient (Wildman–Crippen LogP) is 3.51. The lowest BCUT2D eigenvalue weighted by molar-refractivity contribution is 0.189. The van der Waals surface area contributed by atoms with Crippen molar-refractivity contribution in [1.29, 1.82) is 0 Å². The Kier molecular flexibility index (Phi) is 3.85. The van der Waals surface area contributed by atoms with Gasteiger partial charge in [0.25, 0.3) is 0 Å². The third kappa shape index (κ3) is 2.84. The fraction of sp³-hybridized carbons (Fsp3) is 0.857. The minimum Gasteiger partial charge on any atom is -0.310 e. The van der Waals surface area contributed by atoms with Crippen LogP contribution < -0.4 is 5.32 Å². The van der Waals surface area contributed by atoms with Crippen molar-refractivity contribution in [2.75, 3.05) is 0 Å². The topological polar surface area (TPSA) is 12.0 Å². The molecule has 0 spiro atoms. The van der Waals surface area contributed by atoms with Crippen LogP contribution in [0, 0.1) is 11.8 Å². The molecule has 0 radical (unpaired) electrons. The minimum atomic E-state index is 0.753. The number of hydrogen-bond acceptors (Lipinski definition) is 1. The Bertz CT molecular complexity index is 211. The van der Waals surface area contributed by atoms with E-state index in [1.54, 1.807) is 0 Å². The first-order valence-electron chi connectivity index (χ1n) is 6.68. The highest BCUT2D eigenvalue weighted by Crippen LogP contribution is 2.30. The highest BCUT2D eigenvalue weighted by Gasteiger charge is 2.29. The first-order valence-corrected chi connectivity index (χ1v) is 6.68. The van der Waals surface area contributed by atoms with Crippen LogP contribution in [0.3, 0.4) is 0 Å². The summed E-state index contributed by atoms with van der Waals surface area (Å²) in [6, 6.07) is 1.53. The van der Waals surface area contributed by atoms with Crippen LogP contribution >= 0.6 is 0 Å². The van der Waals surface area contributed by atoms with Crippen LogP contribution in [0.4, 0.5) is 0 Å². The molecule has 0 aromatic rings. The van der Waals surface area contributed by atoms with Crippen molar-refractivity contribution in [2.24, 2.45) is 11.8 Å². The molecule has 1 N–H and O–H groups in total. The van der Waals surface area contributed by atoms with E-state index in [0.29, 0.717) is 0 Å². The zero-order valence-electron chi connectivity index (χ0n) is 10.2. The summed E-state index contributed by atoms with van der Waals surface area (Å²) in [5.74, 6) is 1.75. The predicted molar refractivity (Wildman–Crippen MR) is 65.9 cm³/mol. The zero-order chi connectivity index (χ0) is 10.7. The molecule has 86 valence electrons. The summed E-state index contributed by atoms with van der Waals surface area (Å²) >= 11 is 0. The highest BCUT2D eigenvalue weighted by molar-refractivity contribution is 4.95. The van der Waals surface area contributed by atoms with Crippen LogP contribution in [0.25, 0.3) is 0 Å². The highest BCUT2D eigenvalue weighted by atomic mass is 15.0. The Labute approximate surface area is 94.3 Å². The van der Waals surface area contributed by atoms with Gasteiger partial charge in [0.05, 0.1) is 0 Å². The van der Waals surface area contributed by atoms with Gasteiger partial charge < -0.3 is 5.32 Å². The fourth-order valence-corrected chi connectivity index (χ4v) is 3.23. The first kappa shape index (κ1) is 11.2. The minimum absolute atomic E-state index is 0.753. The van der Waals surface area contributed by atoms with E-state index in [1.807, 2.05) is 0 Å². The van der Waals surface area contributed by atoms with Crippen LogP contribution in [0.2, 0.25) is 0 Å². The van der Waals surface area contributed by atoms with Crippen molar-refractivity contribution in [3.8, 4) is 0 Å². The second-order valence-corrected chi connectivity index (χ2v) is 5.56. The van der Waals surface area contributed by atoms with Crippen LogP contribution in [0.5, 0.6) is 0 Å². The van der Waals surface area contributed by atoms with Crippen molar-refractivity contribution in [3.63, 3.8) is 0 Å². The summed E-state index contributed by atoms with van der Waals surface area (Å²) in [6.45, 7) is 4.85. The lowest BCUT2D eigenvalue weighted by atomic mass is 9.78. The van der Waals surface area contributed by atoms with Gasteiger partial charge in [0.2, 0.25) is 0 Å². The molecule has 0 bridgehead atoms. The number of hydrogen-bond donors (Lipinski definition) is 1. The summed E-state index contributed by atoms with van der Waals surface area (Å²) in [5, 5.41) is 3.91. The van der Waals surface area contributed by atoms with Gasteiger partial charge in [0.1, 0.15) is 0 Å². The molecule has 0 amide bonds. The lowest BCUT2D eigenvalue weighted by Gasteiger charge is -2.38. The smallest absolute Gasteiger partial charge is 0.0121 e.